The molecule has 3 rings (SSSR count). The Balaban J connectivity index is 1.64. The van der Waals surface area contributed by atoms with Crippen molar-refractivity contribution in [2.24, 2.45) is 0 Å². The average molecular weight is 236 g/mol. The van der Waals surface area contributed by atoms with Crippen LogP contribution >= 0.6 is 0 Å². The number of hydrogen-bond donors (Lipinski definition) is 1. The van der Waals surface area contributed by atoms with Crippen LogP contribution in [0.4, 0.5) is 0 Å². The molecule has 2 atom stereocenters. The van der Waals surface area contributed by atoms with E-state index in [4.69, 9.17) is 0 Å². The van der Waals surface area contributed by atoms with E-state index in [9.17, 15) is 4.79 Å². The number of piperidine rings is 2. The Morgan fingerprint density at radius 2 is 1.76 bits per heavy atom. The number of hydrogen-bond acceptors (Lipinski definition) is 2. The van der Waals surface area contributed by atoms with Crippen LogP contribution in [0.2, 0.25) is 0 Å². The Bertz CT molecular complexity index is 287. The molecule has 2 aliphatic heterocycles. The number of nitrogens with zero attached hydrogens (tertiary/aromatic N) is 1. The molecule has 2 saturated heterocycles. The molecule has 0 aromatic heterocycles. The quantitative estimate of drug-likeness (QED) is 0.813. The zero-order chi connectivity index (χ0) is 11.8. The fourth-order valence-corrected chi connectivity index (χ4v) is 3.83. The van der Waals surface area contributed by atoms with Gasteiger partial charge in [0, 0.05) is 30.6 Å². The summed E-state index contributed by atoms with van der Waals surface area (Å²) < 4.78 is 0. The lowest BCUT2D eigenvalue weighted by atomic mass is 9.81. The van der Waals surface area contributed by atoms with Crippen molar-refractivity contribution in [2.75, 3.05) is 0 Å². The van der Waals surface area contributed by atoms with Crippen molar-refractivity contribution >= 4 is 5.91 Å². The summed E-state index contributed by atoms with van der Waals surface area (Å²) in [5.74, 6) is 0.230. The first-order valence-electron chi connectivity index (χ1n) is 7.34. The zero-order valence-corrected chi connectivity index (χ0v) is 10.8. The Hall–Kier alpha value is -0.570. The maximum absolute atomic E-state index is 11.5. The molecule has 96 valence electrons. The summed E-state index contributed by atoms with van der Waals surface area (Å²) in [7, 11) is 0. The summed E-state index contributed by atoms with van der Waals surface area (Å²) >= 11 is 0. The minimum absolute atomic E-state index is 0.230. The van der Waals surface area contributed by atoms with Gasteiger partial charge in [0.2, 0.25) is 5.91 Å². The van der Waals surface area contributed by atoms with Crippen LogP contribution in [0.25, 0.3) is 0 Å². The standard InChI is InChI=1S/C14H24N2O/c1-2-14(17)15-10-8-12-4-3-5-13(9-10)16(12)11-6-7-11/h10-13H,2-9H2,1H3,(H,15,17)/t12-,13-/m0/s1. The second-order valence-corrected chi connectivity index (χ2v) is 6.01. The van der Waals surface area contributed by atoms with Crippen molar-refractivity contribution in [1.29, 1.82) is 0 Å². The van der Waals surface area contributed by atoms with Gasteiger partial charge >= 0.3 is 0 Å². The van der Waals surface area contributed by atoms with Crippen molar-refractivity contribution in [2.45, 2.75) is 82.5 Å². The molecule has 3 aliphatic rings. The van der Waals surface area contributed by atoms with Gasteiger partial charge in [-0.15, -0.1) is 0 Å². The second-order valence-electron chi connectivity index (χ2n) is 6.01. The molecule has 0 spiro atoms. The predicted octanol–water partition coefficient (Wildman–Crippen LogP) is 2.06. The van der Waals surface area contributed by atoms with Gasteiger partial charge in [-0.2, -0.15) is 0 Å². The number of carbonyl (C=O) groups is 1. The average Bonchev–Trinajstić information content (AvgIpc) is 3.11. The molecule has 1 N–H and O–H groups in total. The van der Waals surface area contributed by atoms with E-state index in [-0.39, 0.29) is 5.91 Å². The molecule has 0 aromatic rings. The van der Waals surface area contributed by atoms with Gasteiger partial charge in [-0.1, -0.05) is 13.3 Å². The van der Waals surface area contributed by atoms with E-state index in [0.717, 1.165) is 18.1 Å². The maximum atomic E-state index is 11.5. The third-order valence-electron chi connectivity index (χ3n) is 4.69. The van der Waals surface area contributed by atoms with Crippen LogP contribution in [0.3, 0.4) is 0 Å². The summed E-state index contributed by atoms with van der Waals surface area (Å²) in [6.07, 6.45) is 9.94. The van der Waals surface area contributed by atoms with E-state index in [0.29, 0.717) is 12.5 Å². The number of nitrogens with one attached hydrogen (secondary N) is 1. The van der Waals surface area contributed by atoms with E-state index in [1.165, 1.54) is 44.9 Å². The van der Waals surface area contributed by atoms with E-state index < -0.39 is 0 Å². The van der Waals surface area contributed by atoms with Crippen molar-refractivity contribution in [3.05, 3.63) is 0 Å². The molecule has 0 unspecified atom stereocenters. The van der Waals surface area contributed by atoms with Crippen LogP contribution in [-0.2, 0) is 4.79 Å². The van der Waals surface area contributed by atoms with Gasteiger partial charge in [0.25, 0.3) is 0 Å². The lowest BCUT2D eigenvalue weighted by Gasteiger charge is -2.49. The number of amides is 1. The summed E-state index contributed by atoms with van der Waals surface area (Å²) in [4.78, 5) is 14.3. The molecule has 2 bridgehead atoms. The molecular formula is C14H24N2O. The number of rotatable bonds is 3. The topological polar surface area (TPSA) is 32.3 Å². The maximum Gasteiger partial charge on any atom is 0.219 e. The first-order chi connectivity index (χ1) is 8.28. The largest absolute Gasteiger partial charge is 0.353 e. The first kappa shape index (κ1) is 11.5. The van der Waals surface area contributed by atoms with Gasteiger partial charge in [-0.3, -0.25) is 9.69 Å². The highest BCUT2D eigenvalue weighted by atomic mass is 16.1. The fourth-order valence-electron chi connectivity index (χ4n) is 3.83. The molecule has 17 heavy (non-hydrogen) atoms. The van der Waals surface area contributed by atoms with E-state index in [1.54, 1.807) is 0 Å². The summed E-state index contributed by atoms with van der Waals surface area (Å²) in [5, 5.41) is 3.21. The summed E-state index contributed by atoms with van der Waals surface area (Å²) in [6, 6.07) is 2.87. The van der Waals surface area contributed by atoms with Gasteiger partial charge in [-0.25, -0.2) is 0 Å². The minimum atomic E-state index is 0.230. The molecule has 3 nitrogen and oxygen atoms in total. The van der Waals surface area contributed by atoms with Crippen LogP contribution in [0.1, 0.15) is 58.3 Å². The third-order valence-corrected chi connectivity index (χ3v) is 4.69. The molecule has 0 aromatic carbocycles. The molecule has 3 heteroatoms. The van der Waals surface area contributed by atoms with Crippen LogP contribution in [0.15, 0.2) is 0 Å². The van der Waals surface area contributed by atoms with Gasteiger partial charge in [0.1, 0.15) is 0 Å². The molecule has 2 heterocycles. The lowest BCUT2D eigenvalue weighted by Crippen LogP contribution is -2.57. The summed E-state index contributed by atoms with van der Waals surface area (Å²) in [5.41, 5.74) is 0. The Labute approximate surface area is 104 Å². The molecule has 0 radical (unpaired) electrons. The lowest BCUT2D eigenvalue weighted by molar-refractivity contribution is -0.122. The SMILES string of the molecule is CCC(=O)NC1C[C@@H]2CCC[C@@H](C1)N2C1CC1. The Morgan fingerprint density at radius 1 is 1.12 bits per heavy atom. The van der Waals surface area contributed by atoms with Crippen molar-refractivity contribution in [3.8, 4) is 0 Å². The molecular weight excluding hydrogens is 212 g/mol. The van der Waals surface area contributed by atoms with Crippen LogP contribution in [0, 0.1) is 0 Å². The second kappa shape index (κ2) is 4.60. The fraction of sp³-hybridized carbons (Fsp3) is 0.929. The smallest absolute Gasteiger partial charge is 0.219 e. The van der Waals surface area contributed by atoms with Crippen molar-refractivity contribution in [3.63, 3.8) is 0 Å². The van der Waals surface area contributed by atoms with Gasteiger partial charge in [-0.05, 0) is 38.5 Å². The molecule has 1 aliphatic carbocycles. The predicted molar refractivity (Wildman–Crippen MR) is 67.7 cm³/mol. The van der Waals surface area contributed by atoms with E-state index in [2.05, 4.69) is 10.2 Å². The molecule has 1 amide bonds. The van der Waals surface area contributed by atoms with Gasteiger partial charge in [0.05, 0.1) is 0 Å². The van der Waals surface area contributed by atoms with Gasteiger partial charge in [0.15, 0.2) is 0 Å². The van der Waals surface area contributed by atoms with E-state index in [1.807, 2.05) is 6.92 Å². The summed E-state index contributed by atoms with van der Waals surface area (Å²) in [6.45, 7) is 1.94. The normalized spacial score (nSPS) is 37.8. The number of carbonyl (C=O) groups excluding carboxylic acids is 1. The zero-order valence-electron chi connectivity index (χ0n) is 10.8. The highest BCUT2D eigenvalue weighted by Gasteiger charge is 2.44. The van der Waals surface area contributed by atoms with Crippen LogP contribution < -0.4 is 5.32 Å². The highest BCUT2D eigenvalue weighted by Crippen LogP contribution is 2.41. The number of fused-ring (bicyclic) bond motifs is 2. The van der Waals surface area contributed by atoms with Crippen LogP contribution in [0.5, 0.6) is 0 Å². The van der Waals surface area contributed by atoms with Crippen molar-refractivity contribution < 1.29 is 4.79 Å². The van der Waals surface area contributed by atoms with E-state index >= 15 is 0 Å². The van der Waals surface area contributed by atoms with Crippen molar-refractivity contribution in [1.82, 2.24) is 10.2 Å². The van der Waals surface area contributed by atoms with Crippen LogP contribution in [-0.4, -0.2) is 35.0 Å². The third kappa shape index (κ3) is 2.35. The Morgan fingerprint density at radius 3 is 2.29 bits per heavy atom. The molecule has 1 saturated carbocycles. The first-order valence-corrected chi connectivity index (χ1v) is 7.34. The van der Waals surface area contributed by atoms with Gasteiger partial charge < -0.3 is 5.32 Å². The minimum Gasteiger partial charge on any atom is -0.353 e. The molecule has 3 fully saturated rings. The highest BCUT2D eigenvalue weighted by molar-refractivity contribution is 5.75. The Kier molecular flexibility index (Phi) is 3.12. The monoisotopic (exact) mass is 236 g/mol.